The van der Waals surface area contributed by atoms with E-state index in [0.29, 0.717) is 11.6 Å². The molecular weight excluding hydrogens is 505 g/mol. The number of amides is 1. The van der Waals surface area contributed by atoms with Crippen LogP contribution in [0.2, 0.25) is 0 Å². The molecule has 3 aromatic heterocycles. The summed E-state index contributed by atoms with van der Waals surface area (Å²) in [6, 6.07) is 4.89. The van der Waals surface area contributed by atoms with Crippen LogP contribution in [0.4, 0.5) is 16.2 Å². The fourth-order valence-corrected chi connectivity index (χ4v) is 5.78. The molecule has 0 aliphatic carbocycles. The van der Waals surface area contributed by atoms with Crippen LogP contribution >= 0.6 is 11.3 Å². The highest BCUT2D eigenvalue weighted by atomic mass is 32.1. The van der Waals surface area contributed by atoms with Crippen molar-refractivity contribution in [3.05, 3.63) is 59.2 Å². The van der Waals surface area contributed by atoms with E-state index >= 15 is 0 Å². The lowest BCUT2D eigenvalue weighted by Crippen LogP contribution is -2.44. The number of fused-ring (bicyclic) bond motifs is 1. The highest BCUT2D eigenvalue weighted by molar-refractivity contribution is 7.18. The number of hydroxylamine groups is 2. The molecule has 0 spiro atoms. The van der Waals surface area contributed by atoms with Crippen molar-refractivity contribution >= 4 is 39.2 Å². The third kappa shape index (κ3) is 4.91. The molecule has 11 heteroatoms. The van der Waals surface area contributed by atoms with Gasteiger partial charge in [-0.2, -0.15) is 0 Å². The first kappa shape index (κ1) is 25.9. The molecule has 0 atom stereocenters. The van der Waals surface area contributed by atoms with Crippen LogP contribution < -0.4 is 9.80 Å². The van der Waals surface area contributed by atoms with Crippen molar-refractivity contribution in [2.24, 2.45) is 0 Å². The summed E-state index contributed by atoms with van der Waals surface area (Å²) < 4.78 is 15.8. The number of nitrogens with zero attached hydrogens (tertiary/aromatic N) is 7. The van der Waals surface area contributed by atoms with Gasteiger partial charge in [0.05, 0.1) is 22.9 Å². The smallest absolute Gasteiger partial charge is 0.280 e. The topological polar surface area (TPSA) is 87.6 Å². The summed E-state index contributed by atoms with van der Waals surface area (Å²) in [5.41, 5.74) is 3.31. The molecule has 0 bridgehead atoms. The lowest BCUT2D eigenvalue weighted by Gasteiger charge is -2.37. The predicted molar refractivity (Wildman–Crippen MR) is 147 cm³/mol. The summed E-state index contributed by atoms with van der Waals surface area (Å²) in [5, 5.41) is 2.96. The van der Waals surface area contributed by atoms with E-state index in [1.54, 1.807) is 12.4 Å². The van der Waals surface area contributed by atoms with Gasteiger partial charge in [-0.1, -0.05) is 13.0 Å². The summed E-state index contributed by atoms with van der Waals surface area (Å²) >= 11 is 1.54. The molecule has 0 saturated carbocycles. The van der Waals surface area contributed by atoms with Crippen molar-refractivity contribution in [1.29, 1.82) is 0 Å². The van der Waals surface area contributed by atoms with Gasteiger partial charge in [0.25, 0.3) is 5.91 Å². The van der Waals surface area contributed by atoms with E-state index in [2.05, 4.69) is 43.7 Å². The van der Waals surface area contributed by atoms with Gasteiger partial charge in [0, 0.05) is 56.6 Å². The van der Waals surface area contributed by atoms with Gasteiger partial charge in [0.1, 0.15) is 18.0 Å². The van der Waals surface area contributed by atoms with Gasteiger partial charge in [0.2, 0.25) is 5.95 Å². The Balaban J connectivity index is 1.34. The summed E-state index contributed by atoms with van der Waals surface area (Å²) in [5.74, 6) is 0.488. The number of halogens is 1. The van der Waals surface area contributed by atoms with Crippen LogP contribution in [-0.2, 0) is 11.3 Å². The normalized spacial score (nSPS) is 14.2. The number of aryl methyl sites for hydroxylation is 1. The fourth-order valence-electron chi connectivity index (χ4n) is 4.72. The molecule has 1 amide bonds. The van der Waals surface area contributed by atoms with Gasteiger partial charge >= 0.3 is 0 Å². The number of thiophene rings is 1. The van der Waals surface area contributed by atoms with Crippen LogP contribution in [0.15, 0.2) is 42.3 Å². The second-order valence-corrected chi connectivity index (χ2v) is 10.2. The average molecular weight is 536 g/mol. The maximum absolute atomic E-state index is 14.9. The van der Waals surface area contributed by atoms with Gasteiger partial charge in [-0.3, -0.25) is 9.63 Å². The molecule has 38 heavy (non-hydrogen) atoms. The Kier molecular flexibility index (Phi) is 7.48. The minimum Gasteiger partial charge on any atom is -0.355 e. The Labute approximate surface area is 224 Å². The SMILES string of the molecule is CCc1cnc(N2CCC(N(C)c3ncnc4c(-c5ccc(C(=O)N(C)OC)c(F)c5)csc34)CC2)nc1. The monoisotopic (exact) mass is 535 g/mol. The van der Waals surface area contributed by atoms with E-state index in [-0.39, 0.29) is 5.56 Å². The molecule has 198 valence electrons. The highest BCUT2D eigenvalue weighted by Gasteiger charge is 2.27. The minimum atomic E-state index is -0.609. The zero-order chi connectivity index (χ0) is 26.8. The summed E-state index contributed by atoms with van der Waals surface area (Å²) in [6.07, 6.45) is 8.20. The van der Waals surface area contributed by atoms with Crippen molar-refractivity contribution in [1.82, 2.24) is 25.0 Å². The van der Waals surface area contributed by atoms with Crippen LogP contribution in [-0.4, -0.2) is 71.2 Å². The second-order valence-electron chi connectivity index (χ2n) is 9.28. The lowest BCUT2D eigenvalue weighted by atomic mass is 10.0. The Bertz CT molecular complexity index is 1440. The van der Waals surface area contributed by atoms with Crippen LogP contribution in [0.3, 0.4) is 0 Å². The van der Waals surface area contributed by atoms with Crippen LogP contribution in [0.5, 0.6) is 0 Å². The Hall–Kier alpha value is -3.70. The van der Waals surface area contributed by atoms with Gasteiger partial charge < -0.3 is 9.80 Å². The molecule has 1 fully saturated rings. The van der Waals surface area contributed by atoms with Crippen molar-refractivity contribution in [3.63, 3.8) is 0 Å². The molecule has 4 heterocycles. The van der Waals surface area contributed by atoms with Gasteiger partial charge in [0.15, 0.2) is 0 Å². The zero-order valence-corrected chi connectivity index (χ0v) is 22.7. The number of benzene rings is 1. The van der Waals surface area contributed by atoms with Gasteiger partial charge in [-0.15, -0.1) is 11.3 Å². The number of piperidine rings is 1. The van der Waals surface area contributed by atoms with E-state index in [9.17, 15) is 9.18 Å². The first-order chi connectivity index (χ1) is 18.4. The van der Waals surface area contributed by atoms with E-state index in [1.165, 1.54) is 37.6 Å². The Morgan fingerprint density at radius 2 is 1.89 bits per heavy atom. The Morgan fingerprint density at radius 3 is 2.55 bits per heavy atom. The molecule has 0 N–H and O–H groups in total. The first-order valence-corrected chi connectivity index (χ1v) is 13.4. The van der Waals surface area contributed by atoms with Crippen molar-refractivity contribution in [2.75, 3.05) is 44.1 Å². The zero-order valence-electron chi connectivity index (χ0n) is 21.9. The maximum atomic E-state index is 14.9. The number of rotatable bonds is 7. The third-order valence-corrected chi connectivity index (χ3v) is 8.10. The summed E-state index contributed by atoms with van der Waals surface area (Å²) in [7, 11) is 4.87. The van der Waals surface area contributed by atoms with E-state index in [0.717, 1.165) is 70.5 Å². The highest BCUT2D eigenvalue weighted by Crippen LogP contribution is 2.38. The molecule has 0 unspecified atom stereocenters. The van der Waals surface area contributed by atoms with E-state index in [1.807, 2.05) is 17.8 Å². The largest absolute Gasteiger partial charge is 0.355 e. The van der Waals surface area contributed by atoms with Crippen molar-refractivity contribution in [3.8, 4) is 11.1 Å². The first-order valence-electron chi connectivity index (χ1n) is 12.5. The van der Waals surface area contributed by atoms with Crippen LogP contribution in [0, 0.1) is 5.82 Å². The molecule has 1 aliphatic rings. The molecule has 4 aromatic rings. The number of anilines is 2. The molecule has 0 radical (unpaired) electrons. The van der Waals surface area contributed by atoms with Crippen molar-refractivity contribution in [2.45, 2.75) is 32.2 Å². The molecule has 1 saturated heterocycles. The van der Waals surface area contributed by atoms with Crippen LogP contribution in [0.1, 0.15) is 35.7 Å². The fraction of sp³-hybridized carbons (Fsp3) is 0.370. The predicted octanol–water partition coefficient (Wildman–Crippen LogP) is 4.59. The van der Waals surface area contributed by atoms with Gasteiger partial charge in [-0.25, -0.2) is 29.4 Å². The van der Waals surface area contributed by atoms with Gasteiger partial charge in [-0.05, 0) is 42.5 Å². The van der Waals surface area contributed by atoms with E-state index < -0.39 is 11.7 Å². The number of carbonyl (C=O) groups is 1. The van der Waals surface area contributed by atoms with E-state index in [4.69, 9.17) is 4.84 Å². The number of hydrogen-bond acceptors (Lipinski definition) is 9. The minimum absolute atomic E-state index is 0.0502. The molecule has 5 rings (SSSR count). The number of carbonyl (C=O) groups excluding carboxylic acids is 1. The average Bonchev–Trinajstić information content (AvgIpc) is 3.40. The number of aromatic nitrogens is 4. The number of hydrogen-bond donors (Lipinski definition) is 0. The molecule has 1 aliphatic heterocycles. The van der Waals surface area contributed by atoms with Crippen molar-refractivity contribution < 1.29 is 14.0 Å². The standard InChI is InChI=1S/C27H30FN7O2S/c1-5-17-13-29-27(30-14-17)35-10-8-19(9-11-35)33(2)25-24-23(31-16-32-25)21(15-38-24)18-6-7-20(22(28)12-18)26(36)34(3)37-4/h6-7,12-16,19H,5,8-11H2,1-4H3. The maximum Gasteiger partial charge on any atom is 0.280 e. The summed E-state index contributed by atoms with van der Waals surface area (Å²) in [4.78, 5) is 39.9. The molecular formula is C27H30FN7O2S. The lowest BCUT2D eigenvalue weighted by molar-refractivity contribution is -0.0759. The van der Waals surface area contributed by atoms with Crippen LogP contribution in [0.25, 0.3) is 21.3 Å². The molecule has 9 nitrogen and oxygen atoms in total. The molecule has 1 aromatic carbocycles. The summed E-state index contributed by atoms with van der Waals surface area (Å²) in [6.45, 7) is 3.83. The third-order valence-electron chi connectivity index (χ3n) is 7.13. The quantitative estimate of drug-likeness (QED) is 0.318. The second kappa shape index (κ2) is 11.0. The Morgan fingerprint density at radius 1 is 1.16 bits per heavy atom.